The molecule has 2 aromatic rings. The van der Waals surface area contributed by atoms with E-state index in [1.54, 1.807) is 30.6 Å². The Morgan fingerprint density at radius 3 is 2.44 bits per heavy atom. The minimum atomic E-state index is -2.54. The molecule has 4 rings (SSSR count). The van der Waals surface area contributed by atoms with Gasteiger partial charge in [0, 0.05) is 37.3 Å². The average Bonchev–Trinajstić information content (AvgIpc) is 2.77. The highest BCUT2D eigenvalue weighted by Gasteiger charge is 2.35. The number of primary amides is 1. The molecular weight excluding hydrogens is 418 g/mol. The molecule has 0 aliphatic heterocycles. The molecule has 2 aliphatic rings. The first-order valence-corrected chi connectivity index (χ1v) is 11.0. The lowest BCUT2D eigenvalue weighted by Gasteiger charge is -2.30. The molecule has 0 spiro atoms. The molecule has 1 amide bonds. The van der Waals surface area contributed by atoms with Crippen molar-refractivity contribution < 1.29 is 18.3 Å². The van der Waals surface area contributed by atoms with Gasteiger partial charge in [-0.3, -0.25) is 4.79 Å². The number of carbonyl (C=O) groups is 1. The van der Waals surface area contributed by atoms with Crippen LogP contribution in [0.2, 0.25) is 0 Å². The minimum Gasteiger partial charge on any atom is -0.474 e. The maximum Gasteiger partial charge on any atom is 0.254 e. The maximum absolute atomic E-state index is 13.3. The molecule has 0 unspecified atom stereocenters. The smallest absolute Gasteiger partial charge is 0.254 e. The van der Waals surface area contributed by atoms with E-state index < -0.39 is 11.8 Å². The van der Waals surface area contributed by atoms with E-state index in [1.807, 2.05) is 0 Å². The third-order valence-corrected chi connectivity index (χ3v) is 6.05. The zero-order valence-electron chi connectivity index (χ0n) is 17.8. The van der Waals surface area contributed by atoms with Crippen molar-refractivity contribution in [3.8, 4) is 5.88 Å². The molecule has 0 bridgehead atoms. The number of halogens is 2. The van der Waals surface area contributed by atoms with Crippen LogP contribution in [0.15, 0.2) is 30.6 Å². The Morgan fingerprint density at radius 2 is 1.72 bits per heavy atom. The zero-order valence-corrected chi connectivity index (χ0v) is 17.8. The fourth-order valence-corrected chi connectivity index (χ4v) is 4.24. The summed E-state index contributed by atoms with van der Waals surface area (Å²) in [6, 6.07) is 5.21. The summed E-state index contributed by atoms with van der Waals surface area (Å²) in [4.78, 5) is 24.5. The molecule has 8 nitrogen and oxygen atoms in total. The Balaban J connectivity index is 1.27. The molecular formula is C22H28F2N6O2. The Labute approximate surface area is 185 Å². The van der Waals surface area contributed by atoms with Gasteiger partial charge in [0.2, 0.25) is 17.8 Å². The second-order valence-electron chi connectivity index (χ2n) is 8.50. The number of hydrogen-bond acceptors (Lipinski definition) is 7. The minimum absolute atomic E-state index is 0.00171. The molecule has 0 atom stereocenters. The van der Waals surface area contributed by atoms with Gasteiger partial charge < -0.3 is 21.1 Å². The Bertz CT molecular complexity index is 926. The van der Waals surface area contributed by atoms with Gasteiger partial charge in [0.05, 0.1) is 0 Å². The fourth-order valence-electron chi connectivity index (χ4n) is 4.24. The molecule has 2 aliphatic carbocycles. The van der Waals surface area contributed by atoms with Gasteiger partial charge in [0.25, 0.3) is 5.91 Å². The predicted octanol–water partition coefficient (Wildman–Crippen LogP) is 3.76. The monoisotopic (exact) mass is 446 g/mol. The van der Waals surface area contributed by atoms with Crippen molar-refractivity contribution in [1.29, 1.82) is 0 Å². The van der Waals surface area contributed by atoms with E-state index in [9.17, 15) is 13.6 Å². The summed E-state index contributed by atoms with van der Waals surface area (Å²) in [6.07, 6.45) is 7.15. The number of nitrogens with zero attached hydrogens (tertiary/aromatic N) is 3. The highest BCUT2D eigenvalue weighted by atomic mass is 19.3. The van der Waals surface area contributed by atoms with Crippen molar-refractivity contribution >= 4 is 17.7 Å². The predicted molar refractivity (Wildman–Crippen MR) is 116 cm³/mol. The number of hydrogen-bond donors (Lipinski definition) is 3. The Hall–Kier alpha value is -3.04. The number of anilines is 2. The molecule has 2 aromatic heterocycles. The number of amides is 1. The highest BCUT2D eigenvalue weighted by molar-refractivity contribution is 5.94. The van der Waals surface area contributed by atoms with Crippen molar-refractivity contribution in [1.82, 2.24) is 15.0 Å². The van der Waals surface area contributed by atoms with Crippen LogP contribution in [0.3, 0.4) is 0 Å². The van der Waals surface area contributed by atoms with E-state index in [0.717, 1.165) is 25.7 Å². The van der Waals surface area contributed by atoms with E-state index in [2.05, 4.69) is 25.6 Å². The van der Waals surface area contributed by atoms with Crippen molar-refractivity contribution in [2.75, 3.05) is 10.6 Å². The maximum atomic E-state index is 13.3. The Kier molecular flexibility index (Phi) is 6.66. The lowest BCUT2D eigenvalue weighted by molar-refractivity contribution is -0.0361. The fraction of sp³-hybridized carbons (Fsp3) is 0.545. The number of alkyl halides is 2. The van der Waals surface area contributed by atoms with Crippen molar-refractivity contribution in [3.63, 3.8) is 0 Å². The normalized spacial score (nSPS) is 23.3. The molecule has 172 valence electrons. The molecule has 2 fully saturated rings. The number of nitrogens with two attached hydrogens (primary N) is 1. The third-order valence-electron chi connectivity index (χ3n) is 6.05. The lowest BCUT2D eigenvalue weighted by Crippen LogP contribution is -2.33. The van der Waals surface area contributed by atoms with Gasteiger partial charge >= 0.3 is 0 Å². The van der Waals surface area contributed by atoms with Crippen LogP contribution < -0.4 is 21.1 Å². The molecule has 0 saturated heterocycles. The van der Waals surface area contributed by atoms with Gasteiger partial charge in [-0.25, -0.2) is 18.7 Å². The summed E-state index contributed by atoms with van der Waals surface area (Å²) in [5.41, 5.74) is 5.67. The number of ether oxygens (including phenoxy) is 1. The van der Waals surface area contributed by atoms with Gasteiger partial charge in [-0.1, -0.05) is 0 Å². The Morgan fingerprint density at radius 1 is 1.00 bits per heavy atom. The second-order valence-corrected chi connectivity index (χ2v) is 8.50. The second kappa shape index (κ2) is 9.62. The van der Waals surface area contributed by atoms with Crippen LogP contribution in [0.4, 0.5) is 20.5 Å². The van der Waals surface area contributed by atoms with Crippen molar-refractivity contribution in [2.24, 2.45) is 5.73 Å². The van der Waals surface area contributed by atoms with Gasteiger partial charge in [0.1, 0.15) is 17.5 Å². The number of aromatic nitrogens is 3. The molecule has 0 radical (unpaired) electrons. The molecule has 10 heteroatoms. The van der Waals surface area contributed by atoms with E-state index in [-0.39, 0.29) is 42.5 Å². The summed E-state index contributed by atoms with van der Waals surface area (Å²) in [6.45, 7) is 0. The quantitative estimate of drug-likeness (QED) is 0.593. The van der Waals surface area contributed by atoms with Crippen LogP contribution in [0.1, 0.15) is 61.7 Å². The molecule has 0 aromatic carbocycles. The van der Waals surface area contributed by atoms with Gasteiger partial charge in [-0.2, -0.15) is 4.98 Å². The third kappa shape index (κ3) is 5.80. The SMILES string of the molecule is NC(=O)c1cccnc1O[C@H]1CC[C@H](Nc2nccc(NC3CCC(F)(F)CC3)n2)CC1. The van der Waals surface area contributed by atoms with Crippen LogP contribution in [0.5, 0.6) is 5.88 Å². The molecule has 4 N–H and O–H groups in total. The molecule has 2 saturated carbocycles. The number of carbonyl (C=O) groups excluding carboxylic acids is 1. The number of nitrogens with one attached hydrogen (secondary N) is 2. The van der Waals surface area contributed by atoms with Gasteiger partial charge in [0.15, 0.2) is 0 Å². The van der Waals surface area contributed by atoms with Crippen molar-refractivity contribution in [3.05, 3.63) is 36.2 Å². The summed E-state index contributed by atoms with van der Waals surface area (Å²) < 4.78 is 32.6. The summed E-state index contributed by atoms with van der Waals surface area (Å²) in [5.74, 6) is -1.67. The van der Waals surface area contributed by atoms with E-state index in [1.165, 1.54) is 0 Å². The topological polar surface area (TPSA) is 115 Å². The number of rotatable bonds is 7. The van der Waals surface area contributed by atoms with E-state index in [4.69, 9.17) is 10.5 Å². The largest absolute Gasteiger partial charge is 0.474 e. The standard InChI is InChI=1S/C22H28F2N6O2/c23-22(24)10-7-15(8-11-22)28-18-9-13-27-21(30-18)29-14-3-5-16(6-4-14)32-20-17(19(25)31)2-1-12-26-20/h1-2,9,12-16H,3-8,10-11H2,(H2,25,31)(H2,27,28,29,30)/t14-,16-. The number of pyridine rings is 1. The van der Waals surface area contributed by atoms with Crippen LogP contribution >= 0.6 is 0 Å². The van der Waals surface area contributed by atoms with E-state index in [0.29, 0.717) is 24.6 Å². The molecule has 32 heavy (non-hydrogen) atoms. The van der Waals surface area contributed by atoms with Gasteiger partial charge in [-0.15, -0.1) is 0 Å². The van der Waals surface area contributed by atoms with Crippen LogP contribution in [-0.4, -0.2) is 45.0 Å². The average molecular weight is 447 g/mol. The van der Waals surface area contributed by atoms with Crippen LogP contribution in [-0.2, 0) is 0 Å². The highest BCUT2D eigenvalue weighted by Crippen LogP contribution is 2.34. The van der Waals surface area contributed by atoms with Crippen LogP contribution in [0, 0.1) is 0 Å². The van der Waals surface area contributed by atoms with E-state index >= 15 is 0 Å². The first kappa shape index (κ1) is 22.2. The molecule has 2 heterocycles. The van der Waals surface area contributed by atoms with Crippen molar-refractivity contribution in [2.45, 2.75) is 75.5 Å². The van der Waals surface area contributed by atoms with Gasteiger partial charge in [-0.05, 0) is 56.7 Å². The summed E-state index contributed by atoms with van der Waals surface area (Å²) in [7, 11) is 0. The van der Waals surface area contributed by atoms with Crippen LogP contribution in [0.25, 0.3) is 0 Å². The summed E-state index contributed by atoms with van der Waals surface area (Å²) >= 11 is 0. The first-order chi connectivity index (χ1) is 15.4. The lowest BCUT2D eigenvalue weighted by atomic mass is 9.92. The summed E-state index contributed by atoms with van der Waals surface area (Å²) in [5, 5.41) is 6.61. The first-order valence-electron chi connectivity index (χ1n) is 11.0. The zero-order chi connectivity index (χ0) is 22.6.